The van der Waals surface area contributed by atoms with Crippen molar-refractivity contribution >= 4 is 5.91 Å². The van der Waals surface area contributed by atoms with E-state index in [-0.39, 0.29) is 11.9 Å². The van der Waals surface area contributed by atoms with Crippen molar-refractivity contribution in [2.24, 2.45) is 5.92 Å². The number of ether oxygens (including phenoxy) is 2. The van der Waals surface area contributed by atoms with E-state index in [0.29, 0.717) is 36.2 Å². The van der Waals surface area contributed by atoms with Crippen molar-refractivity contribution < 1.29 is 14.3 Å². The normalized spacial score (nSPS) is 15.6. The molecular formula is C16H23NO3. The summed E-state index contributed by atoms with van der Waals surface area (Å²) in [6.45, 7) is 7.61. The predicted molar refractivity (Wildman–Crippen MR) is 78.4 cm³/mol. The first-order chi connectivity index (χ1) is 9.56. The second-order valence-corrected chi connectivity index (χ2v) is 5.72. The lowest BCUT2D eigenvalue weighted by Crippen LogP contribution is -2.33. The van der Waals surface area contributed by atoms with Gasteiger partial charge in [-0.25, -0.2) is 0 Å². The molecule has 0 aromatic heterocycles. The lowest BCUT2D eigenvalue weighted by atomic mass is 10.0. The molecule has 0 saturated carbocycles. The first-order valence-corrected chi connectivity index (χ1v) is 7.26. The van der Waals surface area contributed by atoms with Gasteiger partial charge in [0.1, 0.15) is 0 Å². The highest BCUT2D eigenvalue weighted by Gasteiger charge is 2.15. The summed E-state index contributed by atoms with van der Waals surface area (Å²) in [6, 6.07) is 5.52. The van der Waals surface area contributed by atoms with Crippen molar-refractivity contribution in [2.75, 3.05) is 13.2 Å². The molecule has 0 aliphatic carbocycles. The van der Waals surface area contributed by atoms with E-state index in [4.69, 9.17) is 9.47 Å². The molecule has 1 N–H and O–H groups in total. The highest BCUT2D eigenvalue weighted by atomic mass is 16.5. The molecule has 0 spiro atoms. The average molecular weight is 277 g/mol. The molecule has 1 aromatic rings. The molecule has 0 fully saturated rings. The molecule has 1 aliphatic rings. The van der Waals surface area contributed by atoms with E-state index in [1.54, 1.807) is 12.1 Å². The predicted octanol–water partition coefficient (Wildman–Crippen LogP) is 3.01. The summed E-state index contributed by atoms with van der Waals surface area (Å²) in [6.07, 6.45) is 1.83. The molecule has 2 rings (SSSR count). The van der Waals surface area contributed by atoms with E-state index in [2.05, 4.69) is 19.2 Å². The number of hydrogen-bond donors (Lipinski definition) is 1. The molecule has 1 aliphatic heterocycles. The van der Waals surface area contributed by atoms with Gasteiger partial charge < -0.3 is 14.8 Å². The monoisotopic (exact) mass is 277 g/mol. The highest BCUT2D eigenvalue weighted by Crippen LogP contribution is 2.30. The summed E-state index contributed by atoms with van der Waals surface area (Å²) in [5.41, 5.74) is 0.616. The number of fused-ring (bicyclic) bond motifs is 1. The second kappa shape index (κ2) is 6.64. The van der Waals surface area contributed by atoms with Crippen LogP contribution in [0.1, 0.15) is 44.0 Å². The van der Waals surface area contributed by atoms with Crippen LogP contribution < -0.4 is 14.8 Å². The van der Waals surface area contributed by atoms with Gasteiger partial charge in [0.2, 0.25) is 0 Å². The molecule has 1 amide bonds. The van der Waals surface area contributed by atoms with Crippen LogP contribution in [-0.4, -0.2) is 25.2 Å². The van der Waals surface area contributed by atoms with Crippen molar-refractivity contribution in [3.8, 4) is 11.5 Å². The van der Waals surface area contributed by atoms with Gasteiger partial charge in [-0.15, -0.1) is 0 Å². The fraction of sp³-hybridized carbons (Fsp3) is 0.562. The summed E-state index contributed by atoms with van der Waals surface area (Å²) < 4.78 is 11.2. The van der Waals surface area contributed by atoms with Gasteiger partial charge in [-0.3, -0.25) is 4.79 Å². The van der Waals surface area contributed by atoms with Crippen LogP contribution in [0.3, 0.4) is 0 Å². The van der Waals surface area contributed by atoms with Crippen molar-refractivity contribution in [3.05, 3.63) is 23.8 Å². The number of rotatable bonds is 4. The Morgan fingerprint density at radius 2 is 1.90 bits per heavy atom. The molecule has 4 nitrogen and oxygen atoms in total. The van der Waals surface area contributed by atoms with Crippen molar-refractivity contribution in [1.82, 2.24) is 5.32 Å². The summed E-state index contributed by atoms with van der Waals surface area (Å²) in [7, 11) is 0. The maximum absolute atomic E-state index is 12.2. The maximum atomic E-state index is 12.2. The Balaban J connectivity index is 2.05. The minimum absolute atomic E-state index is 0.0613. The SMILES string of the molecule is CC(C)CC(C)NC(=O)c1ccc2c(c1)OCCCO2. The van der Waals surface area contributed by atoms with Gasteiger partial charge in [0, 0.05) is 18.0 Å². The van der Waals surface area contributed by atoms with Gasteiger partial charge in [0.25, 0.3) is 5.91 Å². The largest absolute Gasteiger partial charge is 0.490 e. The number of carbonyl (C=O) groups excluding carboxylic acids is 1. The Hall–Kier alpha value is -1.71. The van der Waals surface area contributed by atoms with E-state index >= 15 is 0 Å². The van der Waals surface area contributed by atoms with Crippen molar-refractivity contribution in [1.29, 1.82) is 0 Å². The molecule has 1 aromatic carbocycles. The van der Waals surface area contributed by atoms with Gasteiger partial charge in [0.05, 0.1) is 13.2 Å². The molecule has 0 bridgehead atoms. The Morgan fingerprint density at radius 3 is 2.60 bits per heavy atom. The van der Waals surface area contributed by atoms with E-state index in [1.165, 1.54) is 0 Å². The van der Waals surface area contributed by atoms with Crippen LogP contribution in [-0.2, 0) is 0 Å². The van der Waals surface area contributed by atoms with E-state index < -0.39 is 0 Å². The first kappa shape index (κ1) is 14.7. The Bertz CT molecular complexity index is 471. The average Bonchev–Trinajstić information content (AvgIpc) is 2.61. The van der Waals surface area contributed by atoms with Crippen LogP contribution in [0.4, 0.5) is 0 Å². The standard InChI is InChI=1S/C16H23NO3/c1-11(2)9-12(3)17-16(18)13-5-6-14-15(10-13)20-8-4-7-19-14/h5-6,10-12H,4,7-9H2,1-3H3,(H,17,18). The van der Waals surface area contributed by atoms with E-state index in [0.717, 1.165) is 12.8 Å². The summed E-state index contributed by atoms with van der Waals surface area (Å²) in [5.74, 6) is 1.88. The number of amides is 1. The Labute approximate surface area is 120 Å². The zero-order valence-corrected chi connectivity index (χ0v) is 12.4. The van der Waals surface area contributed by atoms with Gasteiger partial charge in [-0.2, -0.15) is 0 Å². The number of benzene rings is 1. The zero-order valence-electron chi connectivity index (χ0n) is 12.4. The maximum Gasteiger partial charge on any atom is 0.251 e. The molecule has 0 saturated heterocycles. The smallest absolute Gasteiger partial charge is 0.251 e. The van der Waals surface area contributed by atoms with Crippen molar-refractivity contribution in [2.45, 2.75) is 39.7 Å². The lowest BCUT2D eigenvalue weighted by molar-refractivity contribution is 0.0935. The minimum atomic E-state index is -0.0613. The van der Waals surface area contributed by atoms with Crippen LogP contribution in [0.15, 0.2) is 18.2 Å². The van der Waals surface area contributed by atoms with Crippen LogP contribution in [0.2, 0.25) is 0 Å². The zero-order chi connectivity index (χ0) is 14.5. The van der Waals surface area contributed by atoms with Crippen LogP contribution in [0.5, 0.6) is 11.5 Å². The molecule has 0 radical (unpaired) electrons. The third kappa shape index (κ3) is 3.89. The molecule has 1 unspecified atom stereocenters. The Kier molecular flexibility index (Phi) is 4.88. The van der Waals surface area contributed by atoms with Gasteiger partial charge >= 0.3 is 0 Å². The topological polar surface area (TPSA) is 47.6 Å². The Morgan fingerprint density at radius 1 is 1.20 bits per heavy atom. The van der Waals surface area contributed by atoms with E-state index in [9.17, 15) is 4.79 Å². The fourth-order valence-electron chi connectivity index (χ4n) is 2.38. The molecule has 20 heavy (non-hydrogen) atoms. The van der Waals surface area contributed by atoms with Gasteiger partial charge in [0.15, 0.2) is 11.5 Å². The number of hydrogen-bond acceptors (Lipinski definition) is 3. The molecule has 110 valence electrons. The highest BCUT2D eigenvalue weighted by molar-refractivity contribution is 5.95. The van der Waals surface area contributed by atoms with Gasteiger partial charge in [-0.1, -0.05) is 13.8 Å². The molecule has 1 atom stereocenters. The first-order valence-electron chi connectivity index (χ1n) is 7.26. The quantitative estimate of drug-likeness (QED) is 0.920. The van der Waals surface area contributed by atoms with E-state index in [1.807, 2.05) is 13.0 Å². The summed E-state index contributed by atoms with van der Waals surface area (Å²) in [5, 5.41) is 3.01. The second-order valence-electron chi connectivity index (χ2n) is 5.72. The van der Waals surface area contributed by atoms with Gasteiger partial charge in [-0.05, 0) is 37.5 Å². The van der Waals surface area contributed by atoms with Crippen LogP contribution in [0, 0.1) is 5.92 Å². The number of carbonyl (C=O) groups is 1. The van der Waals surface area contributed by atoms with Crippen LogP contribution in [0.25, 0.3) is 0 Å². The van der Waals surface area contributed by atoms with Crippen LogP contribution >= 0.6 is 0 Å². The fourth-order valence-corrected chi connectivity index (χ4v) is 2.38. The molecule has 1 heterocycles. The number of nitrogens with one attached hydrogen (secondary N) is 1. The molecule has 4 heteroatoms. The minimum Gasteiger partial charge on any atom is -0.490 e. The third-order valence-corrected chi connectivity index (χ3v) is 3.21. The third-order valence-electron chi connectivity index (χ3n) is 3.21. The van der Waals surface area contributed by atoms with Crippen molar-refractivity contribution in [3.63, 3.8) is 0 Å². The summed E-state index contributed by atoms with van der Waals surface area (Å²) in [4.78, 5) is 12.2. The molecular weight excluding hydrogens is 254 g/mol. The lowest BCUT2D eigenvalue weighted by Gasteiger charge is -2.16. The summed E-state index contributed by atoms with van der Waals surface area (Å²) >= 11 is 0.